The maximum absolute atomic E-state index is 13.5. The summed E-state index contributed by atoms with van der Waals surface area (Å²) in [5, 5.41) is 3.33. The molecule has 0 amide bonds. The summed E-state index contributed by atoms with van der Waals surface area (Å²) >= 11 is 0. The SMILES string of the molecule is CCCNCCCCCc1cc(F)c(C)cc1F. The van der Waals surface area contributed by atoms with E-state index in [1.807, 2.05) is 0 Å². The molecule has 0 unspecified atom stereocenters. The van der Waals surface area contributed by atoms with E-state index in [0.717, 1.165) is 38.8 Å². The number of hydrogen-bond donors (Lipinski definition) is 1. The molecule has 3 heteroatoms. The fourth-order valence-corrected chi connectivity index (χ4v) is 1.92. The zero-order valence-corrected chi connectivity index (χ0v) is 11.4. The highest BCUT2D eigenvalue weighted by Gasteiger charge is 2.06. The van der Waals surface area contributed by atoms with Crippen LogP contribution in [0, 0.1) is 18.6 Å². The van der Waals surface area contributed by atoms with Crippen LogP contribution in [0.2, 0.25) is 0 Å². The second-order valence-electron chi connectivity index (χ2n) is 4.75. The molecule has 18 heavy (non-hydrogen) atoms. The van der Waals surface area contributed by atoms with Crippen LogP contribution in [-0.2, 0) is 6.42 Å². The van der Waals surface area contributed by atoms with Gasteiger partial charge in [0.15, 0.2) is 0 Å². The Labute approximate surface area is 109 Å². The second-order valence-corrected chi connectivity index (χ2v) is 4.75. The minimum Gasteiger partial charge on any atom is -0.317 e. The van der Waals surface area contributed by atoms with Gasteiger partial charge in [0.2, 0.25) is 0 Å². The van der Waals surface area contributed by atoms with Gasteiger partial charge in [0.25, 0.3) is 0 Å². The molecule has 0 atom stereocenters. The Balaban J connectivity index is 2.25. The normalized spacial score (nSPS) is 10.9. The molecule has 0 radical (unpaired) electrons. The first-order valence-corrected chi connectivity index (χ1v) is 6.80. The quantitative estimate of drug-likeness (QED) is 0.693. The zero-order valence-electron chi connectivity index (χ0n) is 11.4. The molecule has 0 heterocycles. The van der Waals surface area contributed by atoms with E-state index in [9.17, 15) is 8.78 Å². The summed E-state index contributed by atoms with van der Waals surface area (Å²) in [6.07, 6.45) is 4.82. The minimum atomic E-state index is -0.309. The first kappa shape index (κ1) is 15.1. The Morgan fingerprint density at radius 2 is 1.78 bits per heavy atom. The molecule has 0 aliphatic heterocycles. The summed E-state index contributed by atoms with van der Waals surface area (Å²) in [5.41, 5.74) is 0.875. The maximum Gasteiger partial charge on any atom is 0.126 e. The van der Waals surface area contributed by atoms with Crippen LogP contribution in [0.15, 0.2) is 12.1 Å². The largest absolute Gasteiger partial charge is 0.317 e. The fraction of sp³-hybridized carbons (Fsp3) is 0.600. The lowest BCUT2D eigenvalue weighted by Gasteiger charge is -2.06. The predicted molar refractivity (Wildman–Crippen MR) is 71.8 cm³/mol. The van der Waals surface area contributed by atoms with E-state index in [1.165, 1.54) is 12.1 Å². The molecule has 1 aromatic rings. The third-order valence-corrected chi connectivity index (χ3v) is 3.05. The molecular weight excluding hydrogens is 232 g/mol. The summed E-state index contributed by atoms with van der Waals surface area (Å²) in [7, 11) is 0. The Morgan fingerprint density at radius 1 is 1.00 bits per heavy atom. The van der Waals surface area contributed by atoms with Gasteiger partial charge in [0.05, 0.1) is 0 Å². The molecule has 0 saturated heterocycles. The van der Waals surface area contributed by atoms with E-state index < -0.39 is 0 Å². The molecule has 1 nitrogen and oxygen atoms in total. The molecule has 1 N–H and O–H groups in total. The molecule has 0 fully saturated rings. The molecule has 0 spiro atoms. The number of hydrogen-bond acceptors (Lipinski definition) is 1. The molecule has 0 aliphatic rings. The third kappa shape index (κ3) is 5.13. The number of nitrogens with one attached hydrogen (secondary N) is 1. The Kier molecular flexibility index (Phi) is 6.88. The Morgan fingerprint density at radius 3 is 2.50 bits per heavy atom. The van der Waals surface area contributed by atoms with Crippen LogP contribution in [0.5, 0.6) is 0 Å². The first-order valence-electron chi connectivity index (χ1n) is 6.80. The van der Waals surface area contributed by atoms with Gasteiger partial charge >= 0.3 is 0 Å². The highest BCUT2D eigenvalue weighted by molar-refractivity contribution is 5.25. The Hall–Kier alpha value is -0.960. The fourth-order valence-electron chi connectivity index (χ4n) is 1.92. The molecule has 0 aliphatic carbocycles. The van der Waals surface area contributed by atoms with Crippen LogP contribution in [0.1, 0.15) is 43.7 Å². The van der Waals surface area contributed by atoms with Gasteiger partial charge < -0.3 is 5.32 Å². The zero-order chi connectivity index (χ0) is 13.4. The Bertz CT molecular complexity index is 364. The number of aryl methyl sites for hydroxylation is 2. The number of halogens is 2. The van der Waals surface area contributed by atoms with E-state index in [-0.39, 0.29) is 11.6 Å². The van der Waals surface area contributed by atoms with Gasteiger partial charge in [-0.2, -0.15) is 0 Å². The van der Waals surface area contributed by atoms with Crippen molar-refractivity contribution in [1.82, 2.24) is 5.32 Å². The molecule has 1 aromatic carbocycles. The molecule has 0 bridgehead atoms. The smallest absolute Gasteiger partial charge is 0.126 e. The topological polar surface area (TPSA) is 12.0 Å². The minimum absolute atomic E-state index is 0.280. The average molecular weight is 255 g/mol. The van der Waals surface area contributed by atoms with Crippen molar-refractivity contribution in [2.45, 2.75) is 46.0 Å². The number of unbranched alkanes of at least 4 members (excludes halogenated alkanes) is 2. The second kappa shape index (κ2) is 8.20. The maximum atomic E-state index is 13.5. The molecular formula is C15H23F2N. The highest BCUT2D eigenvalue weighted by atomic mass is 19.1. The third-order valence-electron chi connectivity index (χ3n) is 3.05. The van der Waals surface area contributed by atoms with E-state index >= 15 is 0 Å². The van der Waals surface area contributed by atoms with Gasteiger partial charge in [-0.25, -0.2) is 8.78 Å². The van der Waals surface area contributed by atoms with Gasteiger partial charge in [0, 0.05) is 0 Å². The van der Waals surface area contributed by atoms with Crippen molar-refractivity contribution in [3.8, 4) is 0 Å². The van der Waals surface area contributed by atoms with Crippen LogP contribution in [0.4, 0.5) is 8.78 Å². The van der Waals surface area contributed by atoms with Crippen molar-refractivity contribution >= 4 is 0 Å². The van der Waals surface area contributed by atoms with Crippen molar-refractivity contribution < 1.29 is 8.78 Å². The predicted octanol–water partition coefficient (Wildman–Crippen LogP) is 3.99. The molecule has 102 valence electrons. The summed E-state index contributed by atoms with van der Waals surface area (Å²) in [5.74, 6) is -0.589. The standard InChI is InChI=1S/C15H23F2N/c1-3-8-18-9-6-4-5-7-13-11-14(16)12(2)10-15(13)17/h10-11,18H,3-9H2,1-2H3. The number of benzene rings is 1. The molecule has 1 rings (SSSR count). The van der Waals surface area contributed by atoms with Gasteiger partial charge in [-0.15, -0.1) is 0 Å². The van der Waals surface area contributed by atoms with Crippen molar-refractivity contribution in [3.05, 3.63) is 34.9 Å². The van der Waals surface area contributed by atoms with Gasteiger partial charge in [0.1, 0.15) is 11.6 Å². The van der Waals surface area contributed by atoms with Crippen LogP contribution in [0.3, 0.4) is 0 Å². The number of rotatable bonds is 8. The first-order chi connectivity index (χ1) is 8.65. The summed E-state index contributed by atoms with van der Waals surface area (Å²) in [6, 6.07) is 2.62. The monoisotopic (exact) mass is 255 g/mol. The molecule has 0 saturated carbocycles. The molecule has 0 aromatic heterocycles. The summed E-state index contributed by atoms with van der Waals surface area (Å²) in [6.45, 7) is 5.79. The van der Waals surface area contributed by atoms with Crippen LogP contribution in [-0.4, -0.2) is 13.1 Å². The summed E-state index contributed by atoms with van der Waals surface area (Å²) < 4.78 is 26.8. The van der Waals surface area contributed by atoms with Crippen molar-refractivity contribution in [3.63, 3.8) is 0 Å². The van der Waals surface area contributed by atoms with E-state index in [4.69, 9.17) is 0 Å². The van der Waals surface area contributed by atoms with Gasteiger partial charge in [-0.3, -0.25) is 0 Å². The summed E-state index contributed by atoms with van der Waals surface area (Å²) in [4.78, 5) is 0. The highest BCUT2D eigenvalue weighted by Crippen LogP contribution is 2.16. The van der Waals surface area contributed by atoms with Gasteiger partial charge in [-0.1, -0.05) is 13.3 Å². The lowest BCUT2D eigenvalue weighted by atomic mass is 10.0. The van der Waals surface area contributed by atoms with E-state index in [2.05, 4.69) is 12.2 Å². The van der Waals surface area contributed by atoms with Gasteiger partial charge in [-0.05, 0) is 69.0 Å². The van der Waals surface area contributed by atoms with Crippen LogP contribution in [0.25, 0.3) is 0 Å². The lowest BCUT2D eigenvalue weighted by molar-refractivity contribution is 0.562. The van der Waals surface area contributed by atoms with Crippen molar-refractivity contribution in [2.24, 2.45) is 0 Å². The van der Waals surface area contributed by atoms with E-state index in [1.54, 1.807) is 6.92 Å². The lowest BCUT2D eigenvalue weighted by Crippen LogP contribution is -2.15. The van der Waals surface area contributed by atoms with Crippen LogP contribution < -0.4 is 5.32 Å². The van der Waals surface area contributed by atoms with E-state index in [0.29, 0.717) is 17.5 Å². The average Bonchev–Trinajstić information content (AvgIpc) is 2.34. The van der Waals surface area contributed by atoms with Crippen molar-refractivity contribution in [2.75, 3.05) is 13.1 Å². The van der Waals surface area contributed by atoms with Crippen molar-refractivity contribution in [1.29, 1.82) is 0 Å². The van der Waals surface area contributed by atoms with Crippen LogP contribution >= 0.6 is 0 Å².